The molecule has 0 bridgehead atoms. The van der Waals surface area contributed by atoms with E-state index in [9.17, 15) is 4.79 Å². The lowest BCUT2D eigenvalue weighted by Gasteiger charge is -2.19. The van der Waals surface area contributed by atoms with E-state index in [0.29, 0.717) is 23.1 Å². The quantitative estimate of drug-likeness (QED) is 0.700. The Morgan fingerprint density at radius 1 is 1.14 bits per heavy atom. The van der Waals surface area contributed by atoms with Gasteiger partial charge in [-0.15, -0.1) is 0 Å². The molecular weight excluding hydrogens is 317 g/mol. The van der Waals surface area contributed by atoms with Crippen LogP contribution in [-0.4, -0.2) is 17.4 Å². The van der Waals surface area contributed by atoms with Crippen LogP contribution in [0.25, 0.3) is 6.08 Å². The minimum atomic E-state index is -0.0441. The van der Waals surface area contributed by atoms with E-state index >= 15 is 0 Å². The minimum Gasteiger partial charge on any atom is -0.335 e. The summed E-state index contributed by atoms with van der Waals surface area (Å²) in [6.07, 6.45) is 3.26. The van der Waals surface area contributed by atoms with Crippen LogP contribution in [0.5, 0.6) is 0 Å². The van der Waals surface area contributed by atoms with Crippen molar-refractivity contribution in [1.82, 2.24) is 4.90 Å². The zero-order valence-corrected chi connectivity index (χ0v) is 13.8. The van der Waals surface area contributed by atoms with Gasteiger partial charge >= 0.3 is 0 Å². The number of carbonyl (C=O) groups excluding carboxylic acids is 1. The highest BCUT2D eigenvalue weighted by Gasteiger charge is 2.09. The van der Waals surface area contributed by atoms with E-state index in [-0.39, 0.29) is 5.91 Å². The average molecular weight is 334 g/mol. The molecule has 2 aromatic rings. The second kappa shape index (κ2) is 8.02. The zero-order valence-electron chi connectivity index (χ0n) is 12.3. The molecule has 0 atom stereocenters. The summed E-state index contributed by atoms with van der Waals surface area (Å²) in [6, 6.07) is 15.1. The molecule has 1 amide bonds. The van der Waals surface area contributed by atoms with Crippen LogP contribution < -0.4 is 0 Å². The summed E-state index contributed by atoms with van der Waals surface area (Å²) in [7, 11) is 0. The van der Waals surface area contributed by atoms with Crippen LogP contribution in [0.3, 0.4) is 0 Å². The number of nitrogens with zero attached hydrogens (tertiary/aromatic N) is 1. The standard InChI is InChI=1S/C18H17Cl2NO/c1-2-21(13-14-6-4-3-5-7-14)18(22)11-9-15-8-10-16(19)12-17(15)20/h3-12H,2,13H2,1H3/b11-9+. The SMILES string of the molecule is CCN(Cc1ccccc1)C(=O)/C=C/c1ccc(Cl)cc1Cl. The third-order valence-electron chi connectivity index (χ3n) is 3.28. The van der Waals surface area contributed by atoms with Crippen molar-refractivity contribution in [1.29, 1.82) is 0 Å². The van der Waals surface area contributed by atoms with E-state index in [0.717, 1.165) is 11.1 Å². The maximum absolute atomic E-state index is 12.3. The summed E-state index contributed by atoms with van der Waals surface area (Å²) in [5.41, 5.74) is 1.88. The van der Waals surface area contributed by atoms with Gasteiger partial charge < -0.3 is 4.90 Å². The van der Waals surface area contributed by atoms with Gasteiger partial charge in [-0.05, 0) is 36.3 Å². The van der Waals surface area contributed by atoms with Gasteiger partial charge in [-0.3, -0.25) is 4.79 Å². The number of amides is 1. The topological polar surface area (TPSA) is 20.3 Å². The van der Waals surface area contributed by atoms with Crippen molar-refractivity contribution in [3.05, 3.63) is 75.8 Å². The third kappa shape index (κ3) is 4.62. The van der Waals surface area contributed by atoms with Crippen LogP contribution in [-0.2, 0) is 11.3 Å². The summed E-state index contributed by atoms with van der Waals surface area (Å²) in [4.78, 5) is 14.1. The molecule has 0 aliphatic rings. The predicted octanol–water partition coefficient (Wildman–Crippen LogP) is 5.06. The monoisotopic (exact) mass is 333 g/mol. The lowest BCUT2D eigenvalue weighted by molar-refractivity contribution is -0.126. The summed E-state index contributed by atoms with van der Waals surface area (Å²) in [6.45, 7) is 3.20. The van der Waals surface area contributed by atoms with Gasteiger partial charge in [0, 0.05) is 29.2 Å². The maximum atomic E-state index is 12.3. The number of hydrogen-bond donors (Lipinski definition) is 0. The summed E-state index contributed by atoms with van der Waals surface area (Å²) in [5, 5.41) is 1.11. The zero-order chi connectivity index (χ0) is 15.9. The first kappa shape index (κ1) is 16.6. The highest BCUT2D eigenvalue weighted by atomic mass is 35.5. The Hall–Kier alpha value is -1.77. The number of benzene rings is 2. The molecule has 2 nitrogen and oxygen atoms in total. The van der Waals surface area contributed by atoms with Gasteiger partial charge in [-0.2, -0.15) is 0 Å². The molecule has 0 spiro atoms. The van der Waals surface area contributed by atoms with Crippen molar-refractivity contribution in [2.75, 3.05) is 6.54 Å². The second-order valence-corrected chi connectivity index (χ2v) is 5.68. The second-order valence-electron chi connectivity index (χ2n) is 4.84. The number of rotatable bonds is 5. The molecule has 2 aromatic carbocycles. The van der Waals surface area contributed by atoms with Crippen LogP contribution >= 0.6 is 23.2 Å². The largest absolute Gasteiger partial charge is 0.335 e. The summed E-state index contributed by atoms with van der Waals surface area (Å²) in [5.74, 6) is -0.0441. The fourth-order valence-electron chi connectivity index (χ4n) is 2.05. The Morgan fingerprint density at radius 3 is 2.50 bits per heavy atom. The molecule has 0 heterocycles. The van der Waals surface area contributed by atoms with E-state index < -0.39 is 0 Å². The van der Waals surface area contributed by atoms with Crippen LogP contribution in [0.1, 0.15) is 18.1 Å². The first-order valence-corrected chi connectivity index (χ1v) is 7.81. The van der Waals surface area contributed by atoms with Gasteiger partial charge in [0.25, 0.3) is 0 Å². The molecular formula is C18H17Cl2NO. The molecule has 114 valence electrons. The summed E-state index contributed by atoms with van der Waals surface area (Å²) >= 11 is 12.0. The van der Waals surface area contributed by atoms with Gasteiger partial charge in [-0.1, -0.05) is 59.6 Å². The minimum absolute atomic E-state index is 0.0441. The number of likely N-dealkylation sites (N-methyl/N-ethyl adjacent to an activating group) is 1. The van der Waals surface area contributed by atoms with Crippen molar-refractivity contribution >= 4 is 35.2 Å². The van der Waals surface area contributed by atoms with Crippen molar-refractivity contribution < 1.29 is 4.79 Å². The lowest BCUT2D eigenvalue weighted by atomic mass is 10.2. The van der Waals surface area contributed by atoms with E-state index in [2.05, 4.69) is 0 Å². The van der Waals surface area contributed by atoms with Gasteiger partial charge in [0.05, 0.1) is 0 Å². The Labute approximate surface area is 141 Å². The molecule has 0 saturated heterocycles. The van der Waals surface area contributed by atoms with Gasteiger partial charge in [0.15, 0.2) is 0 Å². The van der Waals surface area contributed by atoms with Gasteiger partial charge in [0.2, 0.25) is 5.91 Å². The molecule has 22 heavy (non-hydrogen) atoms. The van der Waals surface area contributed by atoms with Crippen molar-refractivity contribution in [3.8, 4) is 0 Å². The molecule has 0 aliphatic carbocycles. The van der Waals surface area contributed by atoms with E-state index in [1.807, 2.05) is 37.3 Å². The van der Waals surface area contributed by atoms with E-state index in [1.54, 1.807) is 35.3 Å². The normalized spacial score (nSPS) is 10.9. The maximum Gasteiger partial charge on any atom is 0.246 e. The molecule has 0 radical (unpaired) electrons. The molecule has 4 heteroatoms. The number of hydrogen-bond acceptors (Lipinski definition) is 1. The number of carbonyl (C=O) groups is 1. The third-order valence-corrected chi connectivity index (χ3v) is 3.84. The fraction of sp³-hybridized carbons (Fsp3) is 0.167. The Kier molecular flexibility index (Phi) is 6.05. The molecule has 2 rings (SSSR count). The van der Waals surface area contributed by atoms with Crippen molar-refractivity contribution in [3.63, 3.8) is 0 Å². The van der Waals surface area contributed by atoms with Gasteiger partial charge in [0.1, 0.15) is 0 Å². The Bertz CT molecular complexity index is 668. The first-order chi connectivity index (χ1) is 10.6. The van der Waals surface area contributed by atoms with Crippen LogP contribution in [0, 0.1) is 0 Å². The van der Waals surface area contributed by atoms with E-state index in [1.165, 1.54) is 0 Å². The van der Waals surface area contributed by atoms with Crippen LogP contribution in [0.15, 0.2) is 54.6 Å². The molecule has 0 fully saturated rings. The smallest absolute Gasteiger partial charge is 0.246 e. The van der Waals surface area contributed by atoms with Gasteiger partial charge in [-0.25, -0.2) is 0 Å². The molecule has 0 aromatic heterocycles. The molecule has 0 unspecified atom stereocenters. The van der Waals surface area contributed by atoms with Crippen molar-refractivity contribution in [2.24, 2.45) is 0 Å². The molecule has 0 aliphatic heterocycles. The predicted molar refractivity (Wildman–Crippen MR) is 93.0 cm³/mol. The molecule has 0 N–H and O–H groups in total. The molecule has 0 saturated carbocycles. The summed E-state index contributed by atoms with van der Waals surface area (Å²) < 4.78 is 0. The Morgan fingerprint density at radius 2 is 1.86 bits per heavy atom. The Balaban J connectivity index is 2.07. The number of halogens is 2. The lowest BCUT2D eigenvalue weighted by Crippen LogP contribution is -2.28. The average Bonchev–Trinajstić information content (AvgIpc) is 2.52. The van der Waals surface area contributed by atoms with Crippen molar-refractivity contribution in [2.45, 2.75) is 13.5 Å². The van der Waals surface area contributed by atoms with Crippen LogP contribution in [0.4, 0.5) is 0 Å². The van der Waals surface area contributed by atoms with Crippen LogP contribution in [0.2, 0.25) is 10.0 Å². The fourth-order valence-corrected chi connectivity index (χ4v) is 2.52. The van der Waals surface area contributed by atoms with E-state index in [4.69, 9.17) is 23.2 Å². The highest BCUT2D eigenvalue weighted by Crippen LogP contribution is 2.22. The highest BCUT2D eigenvalue weighted by molar-refractivity contribution is 6.35. The first-order valence-electron chi connectivity index (χ1n) is 7.06.